The standard InChI is InChI=1S/C18H15N5O2/c24-16(21-14-6-3-10-23-11-9-19-17(14)23)8-7-15-18(25)22-13-5-2-1-4-12(13)20-15/h1-6,9-11H,7-8H2,(H,21,24)(H,22,25). The van der Waals surface area contributed by atoms with Crippen molar-refractivity contribution in [2.75, 3.05) is 5.32 Å². The molecule has 0 spiro atoms. The number of nitrogens with one attached hydrogen (secondary N) is 2. The Labute approximate surface area is 142 Å². The van der Waals surface area contributed by atoms with Crippen molar-refractivity contribution in [2.45, 2.75) is 12.8 Å². The summed E-state index contributed by atoms with van der Waals surface area (Å²) in [5.41, 5.74) is 2.80. The summed E-state index contributed by atoms with van der Waals surface area (Å²) in [4.78, 5) is 35.7. The van der Waals surface area contributed by atoms with Crippen molar-refractivity contribution in [3.63, 3.8) is 0 Å². The molecule has 124 valence electrons. The van der Waals surface area contributed by atoms with Gasteiger partial charge < -0.3 is 14.7 Å². The molecule has 7 heteroatoms. The minimum Gasteiger partial charge on any atom is -0.323 e. The van der Waals surface area contributed by atoms with Crippen LogP contribution in [0.5, 0.6) is 0 Å². The van der Waals surface area contributed by atoms with Gasteiger partial charge in [-0.25, -0.2) is 9.97 Å². The lowest BCUT2D eigenvalue weighted by Gasteiger charge is -2.06. The average Bonchev–Trinajstić information content (AvgIpc) is 3.10. The number of imidazole rings is 1. The fourth-order valence-electron chi connectivity index (χ4n) is 2.73. The number of H-pyrrole nitrogens is 1. The number of nitrogens with zero attached hydrogens (tertiary/aromatic N) is 3. The highest BCUT2D eigenvalue weighted by Gasteiger charge is 2.10. The molecule has 0 saturated heterocycles. The van der Waals surface area contributed by atoms with Crippen LogP contribution in [0.4, 0.5) is 5.69 Å². The molecule has 3 heterocycles. The molecule has 0 saturated carbocycles. The molecule has 0 bridgehead atoms. The molecule has 4 rings (SSSR count). The Morgan fingerprint density at radius 1 is 1.16 bits per heavy atom. The number of carbonyl (C=O) groups is 1. The second kappa shape index (κ2) is 6.20. The van der Waals surface area contributed by atoms with Gasteiger partial charge in [-0.05, 0) is 24.3 Å². The van der Waals surface area contributed by atoms with Crippen LogP contribution >= 0.6 is 0 Å². The molecule has 0 unspecified atom stereocenters. The number of rotatable bonds is 4. The summed E-state index contributed by atoms with van der Waals surface area (Å²) in [7, 11) is 0. The van der Waals surface area contributed by atoms with Crippen molar-refractivity contribution in [3.05, 3.63) is 71.0 Å². The first-order valence-electron chi connectivity index (χ1n) is 7.90. The Morgan fingerprint density at radius 2 is 2.04 bits per heavy atom. The van der Waals surface area contributed by atoms with Crippen molar-refractivity contribution in [1.82, 2.24) is 19.4 Å². The average molecular weight is 333 g/mol. The van der Waals surface area contributed by atoms with Gasteiger partial charge in [-0.15, -0.1) is 0 Å². The molecule has 0 fully saturated rings. The van der Waals surface area contributed by atoms with Crippen LogP contribution in [-0.2, 0) is 11.2 Å². The summed E-state index contributed by atoms with van der Waals surface area (Å²) in [6, 6.07) is 10.9. The molecule has 0 aliphatic heterocycles. The first-order valence-corrected chi connectivity index (χ1v) is 7.90. The molecule has 1 amide bonds. The number of para-hydroxylation sites is 2. The van der Waals surface area contributed by atoms with Gasteiger partial charge in [0, 0.05) is 31.4 Å². The van der Waals surface area contributed by atoms with Crippen LogP contribution in [0.25, 0.3) is 16.7 Å². The molecule has 0 aliphatic rings. The van der Waals surface area contributed by atoms with Crippen LogP contribution in [-0.4, -0.2) is 25.3 Å². The lowest BCUT2D eigenvalue weighted by atomic mass is 10.2. The first kappa shape index (κ1) is 15.1. The second-order valence-corrected chi connectivity index (χ2v) is 5.66. The molecular weight excluding hydrogens is 318 g/mol. The van der Waals surface area contributed by atoms with Gasteiger partial charge in [-0.1, -0.05) is 12.1 Å². The van der Waals surface area contributed by atoms with Crippen LogP contribution < -0.4 is 10.9 Å². The summed E-state index contributed by atoms with van der Waals surface area (Å²) >= 11 is 0. The first-order chi connectivity index (χ1) is 12.2. The zero-order chi connectivity index (χ0) is 17.2. The number of hydrogen-bond acceptors (Lipinski definition) is 4. The third kappa shape index (κ3) is 2.99. The monoisotopic (exact) mass is 333 g/mol. The zero-order valence-electron chi connectivity index (χ0n) is 13.3. The molecule has 7 nitrogen and oxygen atoms in total. The minimum absolute atomic E-state index is 0.163. The highest BCUT2D eigenvalue weighted by molar-refractivity contribution is 5.94. The van der Waals surface area contributed by atoms with E-state index in [1.807, 2.05) is 41.1 Å². The summed E-state index contributed by atoms with van der Waals surface area (Å²) in [5.74, 6) is -0.189. The van der Waals surface area contributed by atoms with Crippen LogP contribution in [0.2, 0.25) is 0 Å². The molecule has 0 radical (unpaired) electrons. The molecule has 1 aromatic carbocycles. The lowest BCUT2D eigenvalue weighted by Crippen LogP contribution is -2.19. The van der Waals surface area contributed by atoms with E-state index in [-0.39, 0.29) is 24.3 Å². The van der Waals surface area contributed by atoms with Gasteiger partial charge in [0.15, 0.2) is 5.65 Å². The molecule has 0 aliphatic carbocycles. The maximum Gasteiger partial charge on any atom is 0.270 e. The number of carbonyl (C=O) groups excluding carboxylic acids is 1. The van der Waals surface area contributed by atoms with Crippen molar-refractivity contribution < 1.29 is 4.79 Å². The minimum atomic E-state index is -0.262. The number of anilines is 1. The van der Waals surface area contributed by atoms with Crippen molar-refractivity contribution in [1.29, 1.82) is 0 Å². The second-order valence-electron chi connectivity index (χ2n) is 5.66. The van der Waals surface area contributed by atoms with Gasteiger partial charge in [0.1, 0.15) is 5.69 Å². The lowest BCUT2D eigenvalue weighted by molar-refractivity contribution is -0.116. The van der Waals surface area contributed by atoms with Gasteiger partial charge in [-0.2, -0.15) is 0 Å². The molecule has 2 N–H and O–H groups in total. The largest absolute Gasteiger partial charge is 0.323 e. The number of aromatic nitrogens is 4. The SMILES string of the molecule is O=C(CCc1nc2ccccc2[nH]c1=O)Nc1cccn2ccnc12. The normalized spacial score (nSPS) is 11.0. The van der Waals surface area contributed by atoms with E-state index in [9.17, 15) is 9.59 Å². The number of aryl methyl sites for hydroxylation is 1. The molecule has 3 aromatic heterocycles. The number of benzene rings is 1. The maximum absolute atomic E-state index is 12.2. The van der Waals surface area contributed by atoms with Gasteiger partial charge >= 0.3 is 0 Å². The van der Waals surface area contributed by atoms with E-state index in [0.717, 1.165) is 0 Å². The third-order valence-corrected chi connectivity index (χ3v) is 3.95. The predicted molar refractivity (Wildman–Crippen MR) is 94.5 cm³/mol. The van der Waals surface area contributed by atoms with E-state index >= 15 is 0 Å². The molecular formula is C18H15N5O2. The van der Waals surface area contributed by atoms with Gasteiger partial charge in [0.2, 0.25) is 5.91 Å². The number of pyridine rings is 1. The summed E-state index contributed by atoms with van der Waals surface area (Å²) < 4.78 is 1.82. The summed E-state index contributed by atoms with van der Waals surface area (Å²) in [6.45, 7) is 0. The Kier molecular flexibility index (Phi) is 3.74. The van der Waals surface area contributed by atoms with Crippen molar-refractivity contribution in [3.8, 4) is 0 Å². The van der Waals surface area contributed by atoms with Crippen LogP contribution in [0.1, 0.15) is 12.1 Å². The number of fused-ring (bicyclic) bond motifs is 2. The highest BCUT2D eigenvalue weighted by atomic mass is 16.1. The van der Waals surface area contributed by atoms with Gasteiger partial charge in [-0.3, -0.25) is 9.59 Å². The zero-order valence-corrected chi connectivity index (χ0v) is 13.3. The number of amides is 1. The highest BCUT2D eigenvalue weighted by Crippen LogP contribution is 2.15. The Hall–Kier alpha value is -3.48. The van der Waals surface area contributed by atoms with E-state index in [1.54, 1.807) is 18.3 Å². The fraction of sp³-hybridized carbons (Fsp3) is 0.111. The Morgan fingerprint density at radius 3 is 2.96 bits per heavy atom. The predicted octanol–water partition coefficient (Wildman–Crippen LogP) is 2.14. The van der Waals surface area contributed by atoms with E-state index in [1.165, 1.54) is 0 Å². The number of hydrogen-bond donors (Lipinski definition) is 2. The van der Waals surface area contributed by atoms with Gasteiger partial charge in [0.05, 0.1) is 16.7 Å². The third-order valence-electron chi connectivity index (χ3n) is 3.95. The quantitative estimate of drug-likeness (QED) is 0.598. The fourth-order valence-corrected chi connectivity index (χ4v) is 2.73. The topological polar surface area (TPSA) is 92.1 Å². The van der Waals surface area contributed by atoms with E-state index in [0.29, 0.717) is 28.1 Å². The van der Waals surface area contributed by atoms with E-state index in [4.69, 9.17) is 0 Å². The maximum atomic E-state index is 12.2. The summed E-state index contributed by atoms with van der Waals surface area (Å²) in [6.07, 6.45) is 5.77. The van der Waals surface area contributed by atoms with Crippen molar-refractivity contribution >= 4 is 28.3 Å². The van der Waals surface area contributed by atoms with Crippen molar-refractivity contribution in [2.24, 2.45) is 0 Å². The van der Waals surface area contributed by atoms with Crippen LogP contribution in [0.3, 0.4) is 0 Å². The van der Waals surface area contributed by atoms with E-state index < -0.39 is 0 Å². The van der Waals surface area contributed by atoms with Crippen LogP contribution in [0.15, 0.2) is 59.8 Å². The molecule has 25 heavy (non-hydrogen) atoms. The number of aromatic amines is 1. The smallest absolute Gasteiger partial charge is 0.270 e. The van der Waals surface area contributed by atoms with E-state index in [2.05, 4.69) is 20.3 Å². The van der Waals surface area contributed by atoms with Gasteiger partial charge in [0.25, 0.3) is 5.56 Å². The molecule has 0 atom stereocenters. The Balaban J connectivity index is 1.49. The molecule has 4 aromatic rings. The van der Waals surface area contributed by atoms with Crippen LogP contribution in [0, 0.1) is 0 Å². The Bertz CT molecular complexity index is 1130. The summed E-state index contributed by atoms with van der Waals surface area (Å²) in [5, 5.41) is 2.84.